The van der Waals surface area contributed by atoms with Crippen LogP contribution >= 0.6 is 11.6 Å². The molecule has 9 heteroatoms. The highest BCUT2D eigenvalue weighted by Gasteiger charge is 2.18. The summed E-state index contributed by atoms with van der Waals surface area (Å²) < 4.78 is 0. The van der Waals surface area contributed by atoms with E-state index >= 15 is 0 Å². The average molecular weight is 301 g/mol. The Kier molecular flexibility index (Phi) is 3.77. The smallest absolute Gasteiger partial charge is 0.271 e. The summed E-state index contributed by atoms with van der Waals surface area (Å²) in [5, 5.41) is 22.1. The highest BCUT2D eigenvalue weighted by Crippen LogP contribution is 2.36. The molecule has 0 spiro atoms. The molecule has 0 aliphatic carbocycles. The second kappa shape index (κ2) is 5.52. The van der Waals surface area contributed by atoms with Crippen LogP contribution in [0.25, 0.3) is 0 Å². The Morgan fingerprint density at radius 3 is 2.67 bits per heavy atom. The lowest BCUT2D eigenvalue weighted by Crippen LogP contribution is -2.00. The van der Waals surface area contributed by atoms with Gasteiger partial charge in [0.25, 0.3) is 5.69 Å². The number of benzene rings is 1. The Labute approximate surface area is 124 Å². The summed E-state index contributed by atoms with van der Waals surface area (Å²) in [6.45, 7) is 0. The van der Waals surface area contributed by atoms with Crippen LogP contribution in [0.2, 0.25) is 5.02 Å². The van der Waals surface area contributed by atoms with Crippen molar-refractivity contribution in [3.05, 3.63) is 45.0 Å². The first kappa shape index (κ1) is 14.4. The Morgan fingerprint density at radius 2 is 2.05 bits per heavy atom. The number of halogens is 1. The van der Waals surface area contributed by atoms with E-state index in [9.17, 15) is 21.6 Å². The van der Waals surface area contributed by atoms with Gasteiger partial charge in [-0.25, -0.2) is 4.98 Å². The van der Waals surface area contributed by atoms with Crippen molar-refractivity contribution in [2.24, 2.45) is 0 Å². The quantitative estimate of drug-likeness (QED) is 0.686. The van der Waals surface area contributed by atoms with Gasteiger partial charge in [-0.2, -0.15) is 5.26 Å². The van der Waals surface area contributed by atoms with Crippen LogP contribution in [-0.2, 0) is 0 Å². The van der Waals surface area contributed by atoms with E-state index in [2.05, 4.69) is 10.3 Å². The fraction of sp³-hybridized carbons (Fsp3) is 0. The summed E-state index contributed by atoms with van der Waals surface area (Å²) in [6.07, 6.45) is 0. The molecule has 1 N–H and O–H groups in total. The Hall–Kier alpha value is -3.05. The SMILES string of the molecule is [N]c1nc([N])c(C#N)c(Nc2cccc([N+](=O)[O-])c2)c1Cl. The molecular formula is C12H5ClN6O2. The summed E-state index contributed by atoms with van der Waals surface area (Å²) in [5.41, 5.74) is 18.7. The third kappa shape index (κ3) is 2.77. The van der Waals surface area contributed by atoms with Crippen LogP contribution < -0.4 is 16.8 Å². The average Bonchev–Trinajstić information content (AvgIpc) is 2.45. The molecule has 0 unspecified atom stereocenters. The first-order valence-corrected chi connectivity index (χ1v) is 5.85. The number of pyridine rings is 1. The van der Waals surface area contributed by atoms with E-state index in [1.165, 1.54) is 24.3 Å². The number of aromatic nitrogens is 1. The van der Waals surface area contributed by atoms with E-state index in [0.717, 1.165) is 0 Å². The van der Waals surface area contributed by atoms with Crippen molar-refractivity contribution >= 4 is 40.3 Å². The predicted octanol–water partition coefficient (Wildman–Crippen LogP) is 2.66. The molecule has 2 rings (SSSR count). The van der Waals surface area contributed by atoms with Crippen molar-refractivity contribution in [2.75, 3.05) is 5.32 Å². The Bertz CT molecular complexity index is 771. The molecule has 0 saturated heterocycles. The minimum atomic E-state index is -0.702. The monoisotopic (exact) mass is 300 g/mol. The third-order valence-electron chi connectivity index (χ3n) is 2.54. The van der Waals surface area contributed by atoms with E-state index in [1.54, 1.807) is 6.07 Å². The lowest BCUT2D eigenvalue weighted by molar-refractivity contribution is -0.384. The van der Waals surface area contributed by atoms with Crippen LogP contribution in [0.5, 0.6) is 0 Å². The lowest BCUT2D eigenvalue weighted by Gasteiger charge is -2.11. The molecular weight excluding hydrogens is 296 g/mol. The second-order valence-electron chi connectivity index (χ2n) is 3.87. The van der Waals surface area contributed by atoms with Crippen molar-refractivity contribution in [2.45, 2.75) is 0 Å². The van der Waals surface area contributed by atoms with Crippen molar-refractivity contribution < 1.29 is 4.92 Å². The van der Waals surface area contributed by atoms with Crippen LogP contribution in [0.1, 0.15) is 5.56 Å². The normalized spacial score (nSPS) is 9.90. The standard InChI is InChI=1S/C12H5ClN6O2/c13-9-10(8(5-14)11(15)18-12(9)16)17-6-2-1-3-7(4-6)19(20)21/h1-4H,(H,17,18). The molecule has 1 heterocycles. The molecule has 0 bridgehead atoms. The number of nitrogens with one attached hydrogen (secondary N) is 1. The fourth-order valence-electron chi connectivity index (χ4n) is 1.60. The molecule has 0 fully saturated rings. The van der Waals surface area contributed by atoms with E-state index in [-0.39, 0.29) is 27.6 Å². The second-order valence-corrected chi connectivity index (χ2v) is 4.25. The van der Waals surface area contributed by atoms with E-state index < -0.39 is 16.6 Å². The third-order valence-corrected chi connectivity index (χ3v) is 2.90. The molecule has 4 radical (unpaired) electrons. The summed E-state index contributed by atoms with van der Waals surface area (Å²) in [6, 6.07) is 7.12. The molecule has 2 aromatic rings. The summed E-state index contributed by atoms with van der Waals surface area (Å²) >= 11 is 5.83. The van der Waals surface area contributed by atoms with Crippen LogP contribution in [-0.4, -0.2) is 9.91 Å². The number of hydrogen-bond donors (Lipinski definition) is 1. The summed E-state index contributed by atoms with van der Waals surface area (Å²) in [4.78, 5) is 13.4. The predicted molar refractivity (Wildman–Crippen MR) is 73.9 cm³/mol. The highest BCUT2D eigenvalue weighted by molar-refractivity contribution is 6.35. The van der Waals surface area contributed by atoms with Gasteiger partial charge in [-0.3, -0.25) is 10.1 Å². The molecule has 1 aromatic heterocycles. The summed E-state index contributed by atoms with van der Waals surface area (Å²) in [7, 11) is 0. The van der Waals surface area contributed by atoms with Gasteiger partial charge in [0, 0.05) is 17.8 Å². The number of nitro benzene ring substituents is 1. The van der Waals surface area contributed by atoms with E-state index in [0.29, 0.717) is 0 Å². The largest absolute Gasteiger partial charge is 0.353 e. The maximum Gasteiger partial charge on any atom is 0.271 e. The van der Waals surface area contributed by atoms with Crippen LogP contribution in [0.3, 0.4) is 0 Å². The highest BCUT2D eigenvalue weighted by atomic mass is 35.5. The van der Waals surface area contributed by atoms with E-state index in [4.69, 9.17) is 16.9 Å². The molecule has 0 aliphatic heterocycles. The van der Waals surface area contributed by atoms with Crippen molar-refractivity contribution in [1.82, 2.24) is 16.5 Å². The summed E-state index contributed by atoms with van der Waals surface area (Å²) in [5.74, 6) is -1.37. The van der Waals surface area contributed by atoms with Gasteiger partial charge in [0.2, 0.25) is 0 Å². The van der Waals surface area contributed by atoms with Gasteiger partial charge >= 0.3 is 0 Å². The number of anilines is 2. The van der Waals surface area contributed by atoms with Gasteiger partial charge in [-0.1, -0.05) is 17.7 Å². The molecule has 0 saturated carbocycles. The minimum Gasteiger partial charge on any atom is -0.353 e. The fourth-order valence-corrected chi connectivity index (χ4v) is 1.79. The van der Waals surface area contributed by atoms with Crippen molar-refractivity contribution in [3.63, 3.8) is 0 Å². The van der Waals surface area contributed by atoms with Gasteiger partial charge < -0.3 is 5.32 Å². The molecule has 0 amide bonds. The van der Waals surface area contributed by atoms with Crippen LogP contribution in [0.15, 0.2) is 24.3 Å². The van der Waals surface area contributed by atoms with Gasteiger partial charge in [0.1, 0.15) is 16.7 Å². The molecule has 8 nitrogen and oxygen atoms in total. The maximum atomic E-state index is 10.7. The maximum absolute atomic E-state index is 10.7. The zero-order valence-electron chi connectivity index (χ0n) is 10.2. The lowest BCUT2D eigenvalue weighted by atomic mass is 10.2. The Balaban J connectivity index is 2.52. The molecule has 21 heavy (non-hydrogen) atoms. The Morgan fingerprint density at radius 1 is 1.33 bits per heavy atom. The minimum absolute atomic E-state index is 0.0929. The first-order valence-electron chi connectivity index (χ1n) is 5.47. The van der Waals surface area contributed by atoms with Crippen LogP contribution in [0, 0.1) is 21.4 Å². The number of nitrogens with zero attached hydrogens (tertiary/aromatic N) is 5. The molecule has 1 aromatic carbocycles. The first-order chi connectivity index (χ1) is 9.93. The van der Waals surface area contributed by atoms with Crippen molar-refractivity contribution in [3.8, 4) is 6.07 Å². The van der Waals surface area contributed by atoms with Gasteiger partial charge in [-0.05, 0) is 6.07 Å². The zero-order valence-corrected chi connectivity index (χ0v) is 11.0. The van der Waals surface area contributed by atoms with Crippen molar-refractivity contribution in [1.29, 1.82) is 5.26 Å². The van der Waals surface area contributed by atoms with Gasteiger partial charge in [-0.15, -0.1) is 11.5 Å². The van der Waals surface area contributed by atoms with Crippen LogP contribution in [0.4, 0.5) is 28.7 Å². The number of hydrogen-bond acceptors (Lipinski definition) is 5. The molecule has 0 aliphatic rings. The topological polar surface area (TPSA) is 136 Å². The number of rotatable bonds is 3. The zero-order chi connectivity index (χ0) is 15.6. The van der Waals surface area contributed by atoms with E-state index in [1.807, 2.05) is 0 Å². The van der Waals surface area contributed by atoms with Gasteiger partial charge in [0.05, 0.1) is 10.6 Å². The number of non-ortho nitro benzene ring substituents is 1. The number of nitro groups is 1. The van der Waals surface area contributed by atoms with Gasteiger partial charge in [0.15, 0.2) is 11.6 Å². The molecule has 0 atom stereocenters. The number of nitriles is 1. The molecule has 102 valence electrons.